The van der Waals surface area contributed by atoms with Crippen LogP contribution >= 0.6 is 11.3 Å². The number of non-ortho nitro benzene ring substituents is 1. The molecule has 0 radical (unpaired) electrons. The van der Waals surface area contributed by atoms with Crippen LogP contribution in [0.5, 0.6) is 0 Å². The molecule has 1 N–H and O–H groups in total. The molecule has 1 aromatic heterocycles. The molecule has 25 heavy (non-hydrogen) atoms. The summed E-state index contributed by atoms with van der Waals surface area (Å²) in [5, 5.41) is 17.6. The minimum atomic E-state index is -0.416. The molecule has 2 aromatic carbocycles. The van der Waals surface area contributed by atoms with Gasteiger partial charge in [0.2, 0.25) is 5.13 Å². The van der Waals surface area contributed by atoms with Crippen molar-refractivity contribution >= 4 is 27.9 Å². The minimum absolute atomic E-state index is 0.0654. The third-order valence-corrected chi connectivity index (χ3v) is 4.41. The number of thiazole rings is 1. The Labute approximate surface area is 149 Å². The maximum atomic E-state index is 10.7. The molecule has 6 nitrogen and oxygen atoms in total. The van der Waals surface area contributed by atoms with Crippen LogP contribution in [0.25, 0.3) is 11.3 Å². The third-order valence-electron chi connectivity index (χ3n) is 3.67. The summed E-state index contributed by atoms with van der Waals surface area (Å²) in [6.45, 7) is 3.98. The number of benzene rings is 2. The Morgan fingerprint density at radius 1 is 1.16 bits per heavy atom. The number of hydrazone groups is 1. The predicted octanol–water partition coefficient (Wildman–Crippen LogP) is 4.86. The third kappa shape index (κ3) is 4.07. The van der Waals surface area contributed by atoms with E-state index in [0.29, 0.717) is 5.13 Å². The van der Waals surface area contributed by atoms with Crippen molar-refractivity contribution < 1.29 is 4.92 Å². The van der Waals surface area contributed by atoms with Gasteiger partial charge in [-0.25, -0.2) is 4.98 Å². The molecule has 1 heterocycles. The van der Waals surface area contributed by atoms with E-state index in [2.05, 4.69) is 15.5 Å². The molecular weight excluding hydrogens is 336 g/mol. The number of nitrogens with one attached hydrogen (secondary N) is 1. The van der Waals surface area contributed by atoms with Crippen LogP contribution < -0.4 is 5.43 Å². The van der Waals surface area contributed by atoms with Crippen LogP contribution in [0.2, 0.25) is 0 Å². The van der Waals surface area contributed by atoms with Crippen molar-refractivity contribution in [2.45, 2.75) is 13.8 Å². The fourth-order valence-corrected chi connectivity index (χ4v) is 2.86. The first-order valence-corrected chi connectivity index (χ1v) is 8.48. The number of anilines is 1. The SMILES string of the molecule is C/C(=N/Nc1nc(-c2ccc([N+](=O)[O-])cc2)cs1)c1ccc(C)cc1. The minimum Gasteiger partial charge on any atom is -0.258 e. The number of hydrogen-bond donors (Lipinski definition) is 1. The highest BCUT2D eigenvalue weighted by atomic mass is 32.1. The van der Waals surface area contributed by atoms with Crippen LogP contribution in [0.4, 0.5) is 10.8 Å². The molecule has 0 aliphatic rings. The summed E-state index contributed by atoms with van der Waals surface area (Å²) in [6.07, 6.45) is 0. The van der Waals surface area contributed by atoms with Crippen molar-refractivity contribution in [1.29, 1.82) is 0 Å². The highest BCUT2D eigenvalue weighted by molar-refractivity contribution is 7.14. The summed E-state index contributed by atoms with van der Waals surface area (Å²) in [7, 11) is 0. The molecular formula is C18H16N4O2S. The van der Waals surface area contributed by atoms with E-state index in [1.165, 1.54) is 29.0 Å². The number of hydrogen-bond acceptors (Lipinski definition) is 6. The molecule has 0 saturated carbocycles. The second-order valence-electron chi connectivity index (χ2n) is 5.52. The quantitative estimate of drug-likeness (QED) is 0.404. The second kappa shape index (κ2) is 7.23. The Bertz CT molecular complexity index is 915. The fourth-order valence-electron chi connectivity index (χ4n) is 2.20. The Kier molecular flexibility index (Phi) is 4.85. The van der Waals surface area contributed by atoms with E-state index in [9.17, 15) is 10.1 Å². The van der Waals surface area contributed by atoms with E-state index in [4.69, 9.17) is 0 Å². The number of aromatic nitrogens is 1. The van der Waals surface area contributed by atoms with Crippen molar-refractivity contribution in [3.63, 3.8) is 0 Å². The first-order chi connectivity index (χ1) is 12.0. The molecule has 0 saturated heterocycles. The van der Waals surface area contributed by atoms with Gasteiger partial charge in [0.1, 0.15) is 0 Å². The second-order valence-corrected chi connectivity index (χ2v) is 6.38. The van der Waals surface area contributed by atoms with Crippen molar-refractivity contribution in [3.05, 3.63) is 75.2 Å². The van der Waals surface area contributed by atoms with Crippen molar-refractivity contribution in [2.24, 2.45) is 5.10 Å². The lowest BCUT2D eigenvalue weighted by Gasteiger charge is -2.02. The van der Waals surface area contributed by atoms with Gasteiger partial charge in [0.05, 0.1) is 16.3 Å². The van der Waals surface area contributed by atoms with E-state index in [1.807, 2.05) is 43.5 Å². The fraction of sp³-hybridized carbons (Fsp3) is 0.111. The van der Waals surface area contributed by atoms with Gasteiger partial charge in [-0.1, -0.05) is 29.8 Å². The van der Waals surface area contributed by atoms with Crippen LogP contribution in [-0.2, 0) is 0 Å². The molecule has 0 fully saturated rings. The molecule has 3 aromatic rings. The Hall–Kier alpha value is -3.06. The maximum absolute atomic E-state index is 10.7. The van der Waals surface area contributed by atoms with E-state index in [-0.39, 0.29) is 5.69 Å². The van der Waals surface area contributed by atoms with Gasteiger partial charge in [-0.15, -0.1) is 11.3 Å². The van der Waals surface area contributed by atoms with Crippen LogP contribution in [0, 0.1) is 17.0 Å². The van der Waals surface area contributed by atoms with E-state index in [1.54, 1.807) is 12.1 Å². The number of nitro benzene ring substituents is 1. The summed E-state index contributed by atoms with van der Waals surface area (Å²) in [4.78, 5) is 14.8. The van der Waals surface area contributed by atoms with Gasteiger partial charge < -0.3 is 0 Å². The van der Waals surface area contributed by atoms with Crippen LogP contribution in [0.1, 0.15) is 18.1 Å². The topological polar surface area (TPSA) is 80.4 Å². The van der Waals surface area contributed by atoms with E-state index < -0.39 is 4.92 Å². The maximum Gasteiger partial charge on any atom is 0.269 e. The standard InChI is InChI=1S/C18H16N4O2S/c1-12-3-5-14(6-4-12)13(2)20-21-18-19-17(11-25-18)15-7-9-16(10-8-15)22(23)24/h3-11H,1-2H3,(H,19,21)/b20-13-. The van der Waals surface area contributed by atoms with Gasteiger partial charge in [0.15, 0.2) is 0 Å². The first-order valence-electron chi connectivity index (χ1n) is 7.60. The zero-order valence-electron chi connectivity index (χ0n) is 13.8. The van der Waals surface area contributed by atoms with Crippen LogP contribution in [0.3, 0.4) is 0 Å². The normalized spacial score (nSPS) is 11.4. The largest absolute Gasteiger partial charge is 0.269 e. The summed E-state index contributed by atoms with van der Waals surface area (Å²) in [5.41, 5.74) is 7.73. The Balaban J connectivity index is 1.72. The molecule has 0 amide bonds. The lowest BCUT2D eigenvalue weighted by atomic mass is 10.1. The van der Waals surface area contributed by atoms with Gasteiger partial charge in [0.25, 0.3) is 5.69 Å². The Morgan fingerprint density at radius 2 is 1.84 bits per heavy atom. The highest BCUT2D eigenvalue weighted by Gasteiger charge is 2.08. The molecule has 0 atom stereocenters. The zero-order valence-corrected chi connectivity index (χ0v) is 14.6. The van der Waals surface area contributed by atoms with Crippen molar-refractivity contribution in [3.8, 4) is 11.3 Å². The van der Waals surface area contributed by atoms with Gasteiger partial charge in [0, 0.05) is 23.1 Å². The molecule has 0 spiro atoms. The van der Waals surface area contributed by atoms with Crippen molar-refractivity contribution in [1.82, 2.24) is 4.98 Å². The Morgan fingerprint density at radius 3 is 2.48 bits per heavy atom. The summed E-state index contributed by atoms with van der Waals surface area (Å²) in [5.74, 6) is 0. The molecule has 0 bridgehead atoms. The molecule has 0 unspecified atom stereocenters. The number of rotatable bonds is 5. The number of aryl methyl sites for hydroxylation is 1. The predicted molar refractivity (Wildman–Crippen MR) is 101 cm³/mol. The molecule has 7 heteroatoms. The molecule has 0 aliphatic carbocycles. The summed E-state index contributed by atoms with van der Waals surface area (Å²) in [6, 6.07) is 14.5. The van der Waals surface area contributed by atoms with Crippen LogP contribution in [0.15, 0.2) is 59.0 Å². The molecule has 126 valence electrons. The first kappa shape index (κ1) is 16.8. The average Bonchev–Trinajstić information content (AvgIpc) is 3.09. The van der Waals surface area contributed by atoms with Gasteiger partial charge in [-0.3, -0.25) is 15.5 Å². The average molecular weight is 352 g/mol. The summed E-state index contributed by atoms with van der Waals surface area (Å²) < 4.78 is 0. The van der Waals surface area contributed by atoms with Crippen LogP contribution in [-0.4, -0.2) is 15.6 Å². The van der Waals surface area contributed by atoms with E-state index in [0.717, 1.165) is 22.5 Å². The van der Waals surface area contributed by atoms with Gasteiger partial charge in [-0.2, -0.15) is 5.10 Å². The molecule has 3 rings (SSSR count). The lowest BCUT2D eigenvalue weighted by Crippen LogP contribution is -1.99. The summed E-state index contributed by atoms with van der Waals surface area (Å²) >= 11 is 1.43. The van der Waals surface area contributed by atoms with Crippen molar-refractivity contribution in [2.75, 3.05) is 5.43 Å². The van der Waals surface area contributed by atoms with E-state index >= 15 is 0 Å². The van der Waals surface area contributed by atoms with Gasteiger partial charge in [-0.05, 0) is 31.5 Å². The number of nitro groups is 1. The number of nitrogens with zero attached hydrogens (tertiary/aromatic N) is 3. The molecule has 0 aliphatic heterocycles. The monoisotopic (exact) mass is 352 g/mol. The van der Waals surface area contributed by atoms with Gasteiger partial charge >= 0.3 is 0 Å². The zero-order chi connectivity index (χ0) is 17.8. The lowest BCUT2D eigenvalue weighted by molar-refractivity contribution is -0.384. The highest BCUT2D eigenvalue weighted by Crippen LogP contribution is 2.26. The smallest absolute Gasteiger partial charge is 0.258 e.